The SMILES string of the molecule is COc1cc(Cl)c(C(N)c2cccc(F)c2F)cc1Cl. The van der Waals surface area contributed by atoms with Crippen LogP contribution in [0.5, 0.6) is 5.75 Å². The Bertz CT molecular complexity index is 649. The van der Waals surface area contributed by atoms with Crippen molar-refractivity contribution < 1.29 is 13.5 Å². The topological polar surface area (TPSA) is 35.2 Å². The first kappa shape index (κ1) is 15.0. The number of methoxy groups -OCH3 is 1. The zero-order valence-corrected chi connectivity index (χ0v) is 12.0. The van der Waals surface area contributed by atoms with E-state index < -0.39 is 17.7 Å². The van der Waals surface area contributed by atoms with Crippen LogP contribution in [0.1, 0.15) is 17.2 Å². The second kappa shape index (κ2) is 5.95. The molecule has 0 spiro atoms. The summed E-state index contributed by atoms with van der Waals surface area (Å²) in [7, 11) is 1.45. The van der Waals surface area contributed by atoms with Gasteiger partial charge in [-0.05, 0) is 17.7 Å². The zero-order valence-electron chi connectivity index (χ0n) is 10.5. The fourth-order valence-corrected chi connectivity index (χ4v) is 2.39. The molecule has 0 radical (unpaired) electrons. The molecule has 106 valence electrons. The number of halogens is 4. The van der Waals surface area contributed by atoms with Crippen molar-refractivity contribution in [3.05, 3.63) is 63.1 Å². The van der Waals surface area contributed by atoms with Gasteiger partial charge in [0.2, 0.25) is 0 Å². The van der Waals surface area contributed by atoms with E-state index in [2.05, 4.69) is 0 Å². The van der Waals surface area contributed by atoms with Gasteiger partial charge in [0.25, 0.3) is 0 Å². The van der Waals surface area contributed by atoms with Crippen LogP contribution in [0.4, 0.5) is 8.78 Å². The van der Waals surface area contributed by atoms with Crippen LogP contribution < -0.4 is 10.5 Å². The van der Waals surface area contributed by atoms with Gasteiger partial charge in [-0.3, -0.25) is 0 Å². The highest BCUT2D eigenvalue weighted by Gasteiger charge is 2.20. The Labute approximate surface area is 125 Å². The lowest BCUT2D eigenvalue weighted by Gasteiger charge is -2.16. The lowest BCUT2D eigenvalue weighted by atomic mass is 9.98. The van der Waals surface area contributed by atoms with Gasteiger partial charge in [0.1, 0.15) is 5.75 Å². The van der Waals surface area contributed by atoms with E-state index in [-0.39, 0.29) is 10.6 Å². The van der Waals surface area contributed by atoms with Gasteiger partial charge in [0.15, 0.2) is 11.6 Å². The van der Waals surface area contributed by atoms with Gasteiger partial charge >= 0.3 is 0 Å². The van der Waals surface area contributed by atoms with Crippen LogP contribution in [0, 0.1) is 11.6 Å². The first-order valence-corrected chi connectivity index (χ1v) is 6.43. The third kappa shape index (κ3) is 2.73. The van der Waals surface area contributed by atoms with E-state index in [4.69, 9.17) is 33.7 Å². The van der Waals surface area contributed by atoms with E-state index in [1.807, 2.05) is 0 Å². The zero-order chi connectivity index (χ0) is 14.9. The molecule has 2 rings (SSSR count). The van der Waals surface area contributed by atoms with Crippen LogP contribution in [0.15, 0.2) is 30.3 Å². The molecule has 0 bridgehead atoms. The van der Waals surface area contributed by atoms with Gasteiger partial charge in [-0.1, -0.05) is 35.3 Å². The summed E-state index contributed by atoms with van der Waals surface area (Å²) in [6.07, 6.45) is 0. The smallest absolute Gasteiger partial charge is 0.163 e. The Morgan fingerprint density at radius 1 is 1.10 bits per heavy atom. The molecule has 0 amide bonds. The molecule has 2 aromatic rings. The van der Waals surface area contributed by atoms with Gasteiger partial charge in [-0.25, -0.2) is 8.78 Å². The molecular formula is C14H11Cl2F2NO. The summed E-state index contributed by atoms with van der Waals surface area (Å²) in [6.45, 7) is 0. The highest BCUT2D eigenvalue weighted by atomic mass is 35.5. The minimum atomic E-state index is -0.997. The summed E-state index contributed by atoms with van der Waals surface area (Å²) in [6, 6.07) is 5.84. The van der Waals surface area contributed by atoms with Crippen molar-refractivity contribution in [1.82, 2.24) is 0 Å². The maximum absolute atomic E-state index is 13.8. The number of rotatable bonds is 3. The normalized spacial score (nSPS) is 12.3. The van der Waals surface area contributed by atoms with Crippen molar-refractivity contribution >= 4 is 23.2 Å². The Morgan fingerprint density at radius 3 is 2.45 bits per heavy atom. The van der Waals surface area contributed by atoms with Gasteiger partial charge in [-0.2, -0.15) is 0 Å². The number of benzene rings is 2. The molecule has 0 aliphatic carbocycles. The molecule has 0 aliphatic rings. The fraction of sp³-hybridized carbons (Fsp3) is 0.143. The molecular weight excluding hydrogens is 307 g/mol. The minimum Gasteiger partial charge on any atom is -0.495 e. The third-order valence-corrected chi connectivity index (χ3v) is 3.55. The van der Waals surface area contributed by atoms with E-state index in [9.17, 15) is 8.78 Å². The van der Waals surface area contributed by atoms with E-state index in [0.717, 1.165) is 6.07 Å². The molecule has 0 aliphatic heterocycles. The maximum atomic E-state index is 13.8. The summed E-state index contributed by atoms with van der Waals surface area (Å²) in [5, 5.41) is 0.557. The second-order valence-electron chi connectivity index (χ2n) is 4.13. The molecule has 0 fully saturated rings. The monoisotopic (exact) mass is 317 g/mol. The quantitative estimate of drug-likeness (QED) is 0.914. The summed E-state index contributed by atoms with van der Waals surface area (Å²) in [4.78, 5) is 0. The molecule has 6 heteroatoms. The summed E-state index contributed by atoms with van der Waals surface area (Å²) in [5.41, 5.74) is 6.35. The minimum absolute atomic E-state index is 0.00753. The van der Waals surface area contributed by atoms with Crippen LogP contribution in [-0.2, 0) is 0 Å². The summed E-state index contributed by atoms with van der Waals surface area (Å²) in [5.74, 6) is -1.58. The van der Waals surface area contributed by atoms with Crippen LogP contribution in [0.3, 0.4) is 0 Å². The fourth-order valence-electron chi connectivity index (χ4n) is 1.87. The van der Waals surface area contributed by atoms with Gasteiger partial charge < -0.3 is 10.5 Å². The van der Waals surface area contributed by atoms with Crippen molar-refractivity contribution in [1.29, 1.82) is 0 Å². The molecule has 1 atom stereocenters. The second-order valence-corrected chi connectivity index (χ2v) is 4.94. The van der Waals surface area contributed by atoms with Crippen molar-refractivity contribution in [2.45, 2.75) is 6.04 Å². The molecule has 0 heterocycles. The van der Waals surface area contributed by atoms with E-state index in [0.29, 0.717) is 16.3 Å². The molecule has 2 nitrogen and oxygen atoms in total. The predicted octanol–water partition coefficient (Wildman–Crippen LogP) is 4.33. The van der Waals surface area contributed by atoms with Crippen LogP contribution in [0.25, 0.3) is 0 Å². The van der Waals surface area contributed by atoms with Crippen molar-refractivity contribution in [3.8, 4) is 5.75 Å². The maximum Gasteiger partial charge on any atom is 0.163 e. The van der Waals surface area contributed by atoms with E-state index >= 15 is 0 Å². The Balaban J connectivity index is 2.51. The molecule has 2 N–H and O–H groups in total. The average Bonchev–Trinajstić information content (AvgIpc) is 2.43. The lowest BCUT2D eigenvalue weighted by Crippen LogP contribution is -2.15. The van der Waals surface area contributed by atoms with E-state index in [1.165, 1.54) is 31.4 Å². The standard InChI is InChI=1S/C14H11Cl2F2NO/c1-20-12-6-9(15)8(5-10(12)16)14(19)7-3-2-4-11(17)13(7)18/h2-6,14H,19H2,1H3. The van der Waals surface area contributed by atoms with Crippen molar-refractivity contribution in [3.63, 3.8) is 0 Å². The van der Waals surface area contributed by atoms with Crippen LogP contribution >= 0.6 is 23.2 Å². The summed E-state index contributed by atoms with van der Waals surface area (Å²) < 4.78 is 32.0. The number of ether oxygens (including phenoxy) is 1. The van der Waals surface area contributed by atoms with Crippen molar-refractivity contribution in [2.75, 3.05) is 7.11 Å². The molecule has 0 saturated carbocycles. The molecule has 0 aromatic heterocycles. The summed E-state index contributed by atoms with van der Waals surface area (Å²) >= 11 is 12.1. The molecule has 1 unspecified atom stereocenters. The first-order chi connectivity index (χ1) is 9.45. The highest BCUT2D eigenvalue weighted by Crippen LogP contribution is 2.36. The average molecular weight is 318 g/mol. The Kier molecular flexibility index (Phi) is 4.48. The Hall–Kier alpha value is -1.36. The first-order valence-electron chi connectivity index (χ1n) is 5.68. The van der Waals surface area contributed by atoms with Gasteiger partial charge in [0, 0.05) is 16.7 Å². The molecule has 2 aromatic carbocycles. The van der Waals surface area contributed by atoms with Crippen molar-refractivity contribution in [2.24, 2.45) is 5.73 Å². The largest absolute Gasteiger partial charge is 0.495 e. The van der Waals surface area contributed by atoms with Crippen LogP contribution in [0.2, 0.25) is 10.0 Å². The molecule has 0 saturated heterocycles. The van der Waals surface area contributed by atoms with Gasteiger partial charge in [0.05, 0.1) is 18.2 Å². The van der Waals surface area contributed by atoms with Gasteiger partial charge in [-0.15, -0.1) is 0 Å². The number of hydrogen-bond acceptors (Lipinski definition) is 2. The van der Waals surface area contributed by atoms with E-state index in [1.54, 1.807) is 0 Å². The Morgan fingerprint density at radius 2 is 1.80 bits per heavy atom. The molecule has 20 heavy (non-hydrogen) atoms. The lowest BCUT2D eigenvalue weighted by molar-refractivity contribution is 0.415. The predicted molar refractivity (Wildman–Crippen MR) is 75.4 cm³/mol. The third-order valence-electron chi connectivity index (χ3n) is 2.92. The number of nitrogens with two attached hydrogens (primary N) is 1. The highest BCUT2D eigenvalue weighted by molar-refractivity contribution is 6.34. The van der Waals surface area contributed by atoms with Crippen LogP contribution in [-0.4, -0.2) is 7.11 Å². The number of hydrogen-bond donors (Lipinski definition) is 1.